The Kier molecular flexibility index (Phi) is 6.98. The van der Waals surface area contributed by atoms with Crippen LogP contribution < -0.4 is 11.1 Å². The van der Waals surface area contributed by atoms with E-state index >= 15 is 0 Å². The third kappa shape index (κ3) is 7.77. The van der Waals surface area contributed by atoms with Gasteiger partial charge in [0.15, 0.2) is 0 Å². The van der Waals surface area contributed by atoms with E-state index in [1.54, 1.807) is 0 Å². The van der Waals surface area contributed by atoms with Crippen LogP contribution in [0.25, 0.3) is 0 Å². The number of ether oxygens (including phenoxy) is 1. The minimum atomic E-state index is 0.642. The molecule has 0 aromatic heterocycles. The zero-order chi connectivity index (χ0) is 10.9. The van der Waals surface area contributed by atoms with Crippen molar-refractivity contribution in [2.24, 2.45) is 17.6 Å². The highest BCUT2D eigenvalue weighted by Crippen LogP contribution is 2.28. The predicted molar refractivity (Wildman–Crippen MR) is 63.9 cm³/mol. The minimum Gasteiger partial charge on any atom is -0.381 e. The third-order valence-electron chi connectivity index (χ3n) is 2.91. The van der Waals surface area contributed by atoms with Gasteiger partial charge in [0.2, 0.25) is 0 Å². The first-order chi connectivity index (χ1) is 7.33. The van der Waals surface area contributed by atoms with Gasteiger partial charge in [-0.3, -0.25) is 0 Å². The van der Waals surface area contributed by atoms with Gasteiger partial charge in [0.05, 0.1) is 0 Å². The molecule has 90 valence electrons. The van der Waals surface area contributed by atoms with Gasteiger partial charge in [0.1, 0.15) is 0 Å². The zero-order valence-electron chi connectivity index (χ0n) is 10.0. The van der Waals surface area contributed by atoms with Crippen molar-refractivity contribution in [1.29, 1.82) is 0 Å². The van der Waals surface area contributed by atoms with Crippen LogP contribution >= 0.6 is 0 Å². The summed E-state index contributed by atoms with van der Waals surface area (Å²) < 4.78 is 5.55. The van der Waals surface area contributed by atoms with Crippen molar-refractivity contribution < 1.29 is 4.74 Å². The van der Waals surface area contributed by atoms with Crippen molar-refractivity contribution in [1.82, 2.24) is 5.32 Å². The molecule has 1 rings (SSSR count). The average Bonchev–Trinajstić information content (AvgIpc) is 3.05. The van der Waals surface area contributed by atoms with Crippen LogP contribution in [0, 0.1) is 11.8 Å². The number of nitrogens with two attached hydrogens (primary N) is 1. The Morgan fingerprint density at radius 1 is 1.40 bits per heavy atom. The maximum absolute atomic E-state index is 5.55. The fourth-order valence-electron chi connectivity index (χ4n) is 1.43. The summed E-state index contributed by atoms with van der Waals surface area (Å²) >= 11 is 0. The van der Waals surface area contributed by atoms with E-state index in [9.17, 15) is 0 Å². The molecule has 0 amide bonds. The Balaban J connectivity index is 1.68. The lowest BCUT2D eigenvalue weighted by Crippen LogP contribution is -2.22. The zero-order valence-corrected chi connectivity index (χ0v) is 10.0. The number of hydrogen-bond donors (Lipinski definition) is 2. The molecule has 0 aromatic rings. The molecule has 1 atom stereocenters. The van der Waals surface area contributed by atoms with Crippen LogP contribution in [0.4, 0.5) is 0 Å². The lowest BCUT2D eigenvalue weighted by atomic mass is 10.1. The van der Waals surface area contributed by atoms with Crippen molar-refractivity contribution in [3.05, 3.63) is 0 Å². The van der Waals surface area contributed by atoms with Gasteiger partial charge in [-0.1, -0.05) is 6.92 Å². The molecule has 3 nitrogen and oxygen atoms in total. The number of nitrogens with one attached hydrogen (secondary N) is 1. The highest BCUT2D eigenvalue weighted by Gasteiger charge is 2.20. The lowest BCUT2D eigenvalue weighted by molar-refractivity contribution is 0.122. The van der Waals surface area contributed by atoms with Crippen LogP contribution in [0.3, 0.4) is 0 Å². The summed E-state index contributed by atoms with van der Waals surface area (Å²) in [4.78, 5) is 0. The van der Waals surface area contributed by atoms with E-state index in [0.29, 0.717) is 5.92 Å². The maximum Gasteiger partial charge on any atom is 0.0494 e. The van der Waals surface area contributed by atoms with Gasteiger partial charge in [0.25, 0.3) is 0 Å². The molecule has 0 radical (unpaired) electrons. The monoisotopic (exact) mass is 214 g/mol. The van der Waals surface area contributed by atoms with Crippen LogP contribution in [0.2, 0.25) is 0 Å². The molecular weight excluding hydrogens is 188 g/mol. The lowest BCUT2D eigenvalue weighted by Gasteiger charge is -2.09. The normalized spacial score (nSPS) is 18.0. The molecule has 0 aromatic carbocycles. The molecule has 1 aliphatic carbocycles. The highest BCUT2D eigenvalue weighted by molar-refractivity contribution is 4.71. The summed E-state index contributed by atoms with van der Waals surface area (Å²) in [6, 6.07) is 0. The van der Waals surface area contributed by atoms with Crippen LogP contribution in [0.1, 0.15) is 32.6 Å². The highest BCUT2D eigenvalue weighted by atomic mass is 16.5. The summed E-state index contributed by atoms with van der Waals surface area (Å²) in [5, 5.41) is 3.42. The summed E-state index contributed by atoms with van der Waals surface area (Å²) in [6.45, 7) is 7.05. The smallest absolute Gasteiger partial charge is 0.0494 e. The standard InChI is InChI=1S/C12H26N2O/c1-11(9-13)5-7-14-6-2-8-15-10-12-3-4-12/h11-12,14H,2-10,13H2,1H3. The number of rotatable bonds is 10. The molecular formula is C12H26N2O. The Hall–Kier alpha value is -0.120. The summed E-state index contributed by atoms with van der Waals surface area (Å²) in [5.74, 6) is 1.53. The molecule has 3 heteroatoms. The van der Waals surface area contributed by atoms with E-state index in [4.69, 9.17) is 10.5 Å². The summed E-state index contributed by atoms with van der Waals surface area (Å²) in [5.41, 5.74) is 5.54. The van der Waals surface area contributed by atoms with Gasteiger partial charge < -0.3 is 15.8 Å². The Labute approximate surface area is 93.8 Å². The van der Waals surface area contributed by atoms with Crippen molar-refractivity contribution >= 4 is 0 Å². The molecule has 1 unspecified atom stereocenters. The van der Waals surface area contributed by atoms with Gasteiger partial charge >= 0.3 is 0 Å². The Morgan fingerprint density at radius 3 is 2.87 bits per heavy atom. The Morgan fingerprint density at radius 2 is 2.20 bits per heavy atom. The maximum atomic E-state index is 5.55. The van der Waals surface area contributed by atoms with Crippen molar-refractivity contribution in [3.8, 4) is 0 Å². The van der Waals surface area contributed by atoms with Gasteiger partial charge in [-0.05, 0) is 57.2 Å². The molecule has 0 spiro atoms. The van der Waals surface area contributed by atoms with E-state index in [2.05, 4.69) is 12.2 Å². The SMILES string of the molecule is CC(CN)CCNCCCOCC1CC1. The second-order valence-corrected chi connectivity index (χ2v) is 4.75. The first-order valence-electron chi connectivity index (χ1n) is 6.31. The van der Waals surface area contributed by atoms with E-state index in [1.165, 1.54) is 19.3 Å². The van der Waals surface area contributed by atoms with Gasteiger partial charge in [-0.2, -0.15) is 0 Å². The van der Waals surface area contributed by atoms with Crippen LogP contribution in [0.15, 0.2) is 0 Å². The molecule has 0 bridgehead atoms. The van der Waals surface area contributed by atoms with Crippen LogP contribution in [-0.4, -0.2) is 32.8 Å². The summed E-state index contributed by atoms with van der Waals surface area (Å²) in [7, 11) is 0. The fourth-order valence-corrected chi connectivity index (χ4v) is 1.43. The fraction of sp³-hybridized carbons (Fsp3) is 1.00. The molecule has 15 heavy (non-hydrogen) atoms. The van der Waals surface area contributed by atoms with Crippen LogP contribution in [-0.2, 0) is 4.74 Å². The molecule has 1 saturated carbocycles. The molecule has 0 saturated heterocycles. The minimum absolute atomic E-state index is 0.642. The Bertz CT molecular complexity index is 149. The second kappa shape index (κ2) is 8.08. The topological polar surface area (TPSA) is 47.3 Å². The van der Waals surface area contributed by atoms with E-state index < -0.39 is 0 Å². The first kappa shape index (κ1) is 12.9. The molecule has 3 N–H and O–H groups in total. The predicted octanol–water partition coefficient (Wildman–Crippen LogP) is 1.38. The van der Waals surface area contributed by atoms with Crippen molar-refractivity contribution in [3.63, 3.8) is 0 Å². The largest absolute Gasteiger partial charge is 0.381 e. The third-order valence-corrected chi connectivity index (χ3v) is 2.91. The molecule has 1 fully saturated rings. The second-order valence-electron chi connectivity index (χ2n) is 4.75. The van der Waals surface area contributed by atoms with E-state index in [0.717, 1.165) is 45.2 Å². The van der Waals surface area contributed by atoms with Crippen molar-refractivity contribution in [2.45, 2.75) is 32.6 Å². The average molecular weight is 214 g/mol. The molecule has 0 aliphatic heterocycles. The molecule has 1 aliphatic rings. The van der Waals surface area contributed by atoms with Crippen molar-refractivity contribution in [2.75, 3.05) is 32.8 Å². The first-order valence-corrected chi connectivity index (χ1v) is 6.31. The summed E-state index contributed by atoms with van der Waals surface area (Å²) in [6.07, 6.45) is 5.08. The van der Waals surface area contributed by atoms with Gasteiger partial charge in [-0.15, -0.1) is 0 Å². The van der Waals surface area contributed by atoms with E-state index in [1.807, 2.05) is 0 Å². The quantitative estimate of drug-likeness (QED) is 0.540. The number of hydrogen-bond acceptors (Lipinski definition) is 3. The van der Waals surface area contributed by atoms with Crippen LogP contribution in [0.5, 0.6) is 0 Å². The van der Waals surface area contributed by atoms with Gasteiger partial charge in [-0.25, -0.2) is 0 Å². The van der Waals surface area contributed by atoms with E-state index in [-0.39, 0.29) is 0 Å². The molecule has 0 heterocycles. The van der Waals surface area contributed by atoms with Gasteiger partial charge in [0, 0.05) is 13.2 Å².